The lowest BCUT2D eigenvalue weighted by atomic mass is 9.84. The number of hydrogen-bond acceptors (Lipinski definition) is 2. The van der Waals surface area contributed by atoms with Crippen molar-refractivity contribution in [2.75, 3.05) is 0 Å². The topological polar surface area (TPSA) is 42.0 Å². The van der Waals surface area contributed by atoms with Gasteiger partial charge in [-0.15, -0.1) is 0 Å². The summed E-state index contributed by atoms with van der Waals surface area (Å²) in [6, 6.07) is 4.30. The molecule has 2 saturated carbocycles. The normalized spacial score (nSPS) is 33.7. The number of pyridine rings is 1. The second kappa shape index (κ2) is 4.54. The van der Waals surface area contributed by atoms with Gasteiger partial charge in [-0.25, -0.2) is 4.98 Å². The maximum absolute atomic E-state index is 11.3. The molecule has 0 unspecified atom stereocenters. The maximum atomic E-state index is 11.3. The van der Waals surface area contributed by atoms with Crippen molar-refractivity contribution in [3.63, 3.8) is 0 Å². The van der Waals surface area contributed by atoms with Gasteiger partial charge in [-0.2, -0.15) is 0 Å². The first-order chi connectivity index (χ1) is 8.65. The average Bonchev–Trinajstić information content (AvgIpc) is 2.86. The number of carbonyl (C=O) groups is 1. The summed E-state index contributed by atoms with van der Waals surface area (Å²) in [5.41, 5.74) is 1.27. The van der Waals surface area contributed by atoms with Crippen LogP contribution in [0.4, 0.5) is 0 Å². The minimum Gasteiger partial charge on any atom is -0.353 e. The lowest BCUT2D eigenvalue weighted by molar-refractivity contribution is -0.119. The van der Waals surface area contributed by atoms with Crippen LogP contribution in [0.2, 0.25) is 5.15 Å². The first kappa shape index (κ1) is 12.0. The van der Waals surface area contributed by atoms with Gasteiger partial charge in [-0.1, -0.05) is 17.7 Å². The number of hydrogen-bond donors (Lipinski definition) is 1. The van der Waals surface area contributed by atoms with Crippen LogP contribution in [0, 0.1) is 11.8 Å². The molecule has 2 aliphatic rings. The summed E-state index contributed by atoms with van der Waals surface area (Å²) in [5, 5.41) is 3.67. The summed E-state index contributed by atoms with van der Waals surface area (Å²) >= 11 is 5.83. The summed E-state index contributed by atoms with van der Waals surface area (Å²) in [6.07, 6.45) is 5.51. The Labute approximate surface area is 112 Å². The largest absolute Gasteiger partial charge is 0.353 e. The van der Waals surface area contributed by atoms with Crippen LogP contribution in [-0.4, -0.2) is 16.9 Å². The van der Waals surface area contributed by atoms with E-state index in [1.54, 1.807) is 6.92 Å². The van der Waals surface area contributed by atoms with E-state index in [0.29, 0.717) is 28.9 Å². The SMILES string of the molecule is CC(=O)N[C@H]1[C@H]2CC[C@@H]1[C@@H](c1ccc(Cl)nc1)C2. The van der Waals surface area contributed by atoms with Crippen molar-refractivity contribution >= 4 is 17.5 Å². The van der Waals surface area contributed by atoms with Crippen molar-refractivity contribution in [1.29, 1.82) is 0 Å². The fraction of sp³-hybridized carbons (Fsp3) is 0.571. The molecule has 1 aromatic rings. The number of carbonyl (C=O) groups excluding carboxylic acids is 1. The van der Waals surface area contributed by atoms with Gasteiger partial charge in [0.15, 0.2) is 0 Å². The molecule has 2 fully saturated rings. The predicted octanol–water partition coefficient (Wildman–Crippen LogP) is 2.75. The van der Waals surface area contributed by atoms with E-state index in [1.165, 1.54) is 24.8 Å². The van der Waals surface area contributed by atoms with Crippen LogP contribution in [0.15, 0.2) is 18.3 Å². The van der Waals surface area contributed by atoms with Gasteiger partial charge >= 0.3 is 0 Å². The molecule has 0 aromatic carbocycles. The van der Waals surface area contributed by atoms with E-state index in [4.69, 9.17) is 11.6 Å². The molecule has 0 aliphatic heterocycles. The number of halogens is 1. The Hall–Kier alpha value is -1.09. The highest BCUT2D eigenvalue weighted by Crippen LogP contribution is 2.52. The molecule has 1 amide bonds. The number of nitrogens with zero attached hydrogens (tertiary/aromatic N) is 1. The zero-order chi connectivity index (χ0) is 12.7. The average molecular weight is 265 g/mol. The Morgan fingerprint density at radius 2 is 2.28 bits per heavy atom. The van der Waals surface area contributed by atoms with Crippen LogP contribution in [0.1, 0.15) is 37.7 Å². The molecule has 0 spiro atoms. The third-order valence-electron chi connectivity index (χ3n) is 4.46. The lowest BCUT2D eigenvalue weighted by Crippen LogP contribution is -2.37. The van der Waals surface area contributed by atoms with E-state index in [0.717, 1.165) is 0 Å². The van der Waals surface area contributed by atoms with Gasteiger partial charge in [0.1, 0.15) is 5.15 Å². The number of rotatable bonds is 2. The van der Waals surface area contributed by atoms with E-state index in [1.807, 2.05) is 12.3 Å². The number of aromatic nitrogens is 1. The Balaban J connectivity index is 1.80. The van der Waals surface area contributed by atoms with Gasteiger partial charge in [-0.3, -0.25) is 4.79 Å². The van der Waals surface area contributed by atoms with Gasteiger partial charge in [0.2, 0.25) is 5.91 Å². The van der Waals surface area contributed by atoms with Crippen molar-refractivity contribution in [1.82, 2.24) is 10.3 Å². The van der Waals surface area contributed by atoms with Crippen LogP contribution >= 0.6 is 11.6 Å². The van der Waals surface area contributed by atoms with Crippen LogP contribution < -0.4 is 5.32 Å². The molecule has 96 valence electrons. The molecule has 3 rings (SSSR count). The second-order valence-electron chi connectivity index (χ2n) is 5.48. The van der Waals surface area contributed by atoms with Crippen LogP contribution in [-0.2, 0) is 4.79 Å². The fourth-order valence-electron chi connectivity index (χ4n) is 3.78. The standard InChI is InChI=1S/C14H17ClN2O/c1-8(18)17-14-9-2-4-11(14)12(6-9)10-3-5-13(15)16-7-10/h3,5,7,9,11-12,14H,2,4,6H2,1H3,(H,17,18)/t9-,11+,12+,14-/m0/s1. The molecule has 1 aromatic heterocycles. The molecule has 0 radical (unpaired) electrons. The molecule has 0 saturated heterocycles. The first-order valence-corrected chi connectivity index (χ1v) is 6.91. The summed E-state index contributed by atoms with van der Waals surface area (Å²) in [7, 11) is 0. The molecule has 4 atom stereocenters. The number of fused-ring (bicyclic) bond motifs is 2. The highest BCUT2D eigenvalue weighted by Gasteiger charge is 2.48. The smallest absolute Gasteiger partial charge is 0.217 e. The third-order valence-corrected chi connectivity index (χ3v) is 4.69. The predicted molar refractivity (Wildman–Crippen MR) is 70.4 cm³/mol. The van der Waals surface area contributed by atoms with Gasteiger partial charge < -0.3 is 5.32 Å². The summed E-state index contributed by atoms with van der Waals surface area (Å²) < 4.78 is 0. The highest BCUT2D eigenvalue weighted by molar-refractivity contribution is 6.29. The van der Waals surface area contributed by atoms with Crippen LogP contribution in [0.5, 0.6) is 0 Å². The fourth-order valence-corrected chi connectivity index (χ4v) is 3.89. The van der Waals surface area contributed by atoms with Crippen molar-refractivity contribution in [2.24, 2.45) is 11.8 Å². The first-order valence-electron chi connectivity index (χ1n) is 6.53. The Morgan fingerprint density at radius 1 is 1.44 bits per heavy atom. The molecule has 2 aliphatic carbocycles. The molecule has 4 heteroatoms. The lowest BCUT2D eigenvalue weighted by Gasteiger charge is -2.22. The Bertz CT molecular complexity index is 459. The van der Waals surface area contributed by atoms with E-state index in [9.17, 15) is 4.79 Å². The second-order valence-corrected chi connectivity index (χ2v) is 5.87. The summed E-state index contributed by atoms with van der Waals surface area (Å²) in [4.78, 5) is 15.4. The monoisotopic (exact) mass is 264 g/mol. The molecular weight excluding hydrogens is 248 g/mol. The zero-order valence-corrected chi connectivity index (χ0v) is 11.2. The van der Waals surface area contributed by atoms with Gasteiger partial charge in [0, 0.05) is 19.2 Å². The minimum atomic E-state index is 0.0896. The van der Waals surface area contributed by atoms with E-state index >= 15 is 0 Å². The zero-order valence-electron chi connectivity index (χ0n) is 10.4. The number of nitrogens with one attached hydrogen (secondary N) is 1. The Kier molecular flexibility index (Phi) is 3.02. The van der Waals surface area contributed by atoms with Crippen molar-refractivity contribution in [3.05, 3.63) is 29.0 Å². The van der Waals surface area contributed by atoms with Crippen LogP contribution in [0.3, 0.4) is 0 Å². The molecule has 3 nitrogen and oxygen atoms in total. The van der Waals surface area contributed by atoms with Crippen molar-refractivity contribution in [3.8, 4) is 0 Å². The minimum absolute atomic E-state index is 0.0896. The van der Waals surface area contributed by atoms with Gasteiger partial charge in [-0.05, 0) is 48.6 Å². The third kappa shape index (κ3) is 2.01. The van der Waals surface area contributed by atoms with Crippen molar-refractivity contribution in [2.45, 2.75) is 38.1 Å². The molecule has 1 N–H and O–H groups in total. The quantitative estimate of drug-likeness (QED) is 0.835. The Morgan fingerprint density at radius 3 is 2.94 bits per heavy atom. The summed E-state index contributed by atoms with van der Waals surface area (Å²) in [6.45, 7) is 1.61. The summed E-state index contributed by atoms with van der Waals surface area (Å²) in [5.74, 6) is 1.83. The van der Waals surface area contributed by atoms with Gasteiger partial charge in [0.05, 0.1) is 0 Å². The van der Waals surface area contributed by atoms with E-state index in [2.05, 4.69) is 16.4 Å². The van der Waals surface area contributed by atoms with Gasteiger partial charge in [0.25, 0.3) is 0 Å². The van der Waals surface area contributed by atoms with E-state index in [-0.39, 0.29) is 5.91 Å². The molecule has 1 heterocycles. The highest BCUT2D eigenvalue weighted by atomic mass is 35.5. The van der Waals surface area contributed by atoms with Crippen molar-refractivity contribution < 1.29 is 4.79 Å². The van der Waals surface area contributed by atoms with E-state index < -0.39 is 0 Å². The molecule has 18 heavy (non-hydrogen) atoms. The number of amides is 1. The molecule has 2 bridgehead atoms. The molecular formula is C14H17ClN2O. The van der Waals surface area contributed by atoms with Crippen LogP contribution in [0.25, 0.3) is 0 Å². The maximum Gasteiger partial charge on any atom is 0.217 e.